The zero-order valence-electron chi connectivity index (χ0n) is 12.1. The molecule has 106 valence electrons. The number of aromatic nitrogens is 1. The largest absolute Gasteiger partial charge is 0.320 e. The molecule has 1 amide bonds. The number of aryl methyl sites for hydroxylation is 2. The zero-order chi connectivity index (χ0) is 15.2. The summed E-state index contributed by atoms with van der Waals surface area (Å²) in [6.45, 7) is 4.17. The average Bonchev–Trinajstić information content (AvgIpc) is 2.48. The maximum absolute atomic E-state index is 12.2. The van der Waals surface area contributed by atoms with Crippen molar-refractivity contribution < 1.29 is 4.79 Å². The molecule has 0 fully saturated rings. The molecule has 0 saturated carbocycles. The third kappa shape index (κ3) is 3.68. The van der Waals surface area contributed by atoms with E-state index in [0.29, 0.717) is 17.8 Å². The van der Waals surface area contributed by atoms with Crippen LogP contribution in [0.3, 0.4) is 0 Å². The van der Waals surface area contributed by atoms with Crippen molar-refractivity contribution in [3.8, 4) is 11.8 Å². The van der Waals surface area contributed by atoms with Crippen molar-refractivity contribution in [1.29, 1.82) is 0 Å². The molecule has 2 aromatic rings. The molecular weight excluding hydrogens is 262 g/mol. The van der Waals surface area contributed by atoms with Crippen LogP contribution in [0.5, 0.6) is 0 Å². The van der Waals surface area contributed by atoms with Crippen molar-refractivity contribution in [2.75, 3.05) is 11.9 Å². The number of nitrogens with one attached hydrogen (secondary N) is 1. The van der Waals surface area contributed by atoms with Crippen LogP contribution in [0.25, 0.3) is 0 Å². The van der Waals surface area contributed by atoms with Gasteiger partial charge in [0.15, 0.2) is 0 Å². The highest BCUT2D eigenvalue weighted by Gasteiger charge is 2.09. The van der Waals surface area contributed by atoms with Crippen molar-refractivity contribution in [3.05, 3.63) is 58.9 Å². The van der Waals surface area contributed by atoms with Crippen molar-refractivity contribution >= 4 is 11.6 Å². The summed E-state index contributed by atoms with van der Waals surface area (Å²) in [6, 6.07) is 7.27. The molecular formula is C17H17N3O. The van der Waals surface area contributed by atoms with Crippen LogP contribution in [0.2, 0.25) is 0 Å². The molecule has 0 unspecified atom stereocenters. The monoisotopic (exact) mass is 279 g/mol. The number of pyridine rings is 1. The Kier molecular flexibility index (Phi) is 4.70. The highest BCUT2D eigenvalue weighted by molar-refractivity contribution is 6.04. The first kappa shape index (κ1) is 14.8. The third-order valence-corrected chi connectivity index (χ3v) is 3.10. The van der Waals surface area contributed by atoms with Gasteiger partial charge in [0.2, 0.25) is 0 Å². The summed E-state index contributed by atoms with van der Waals surface area (Å²) in [6.07, 6.45) is 3.33. The van der Waals surface area contributed by atoms with Crippen LogP contribution in [0.15, 0.2) is 36.7 Å². The van der Waals surface area contributed by atoms with E-state index >= 15 is 0 Å². The molecule has 1 aromatic carbocycles. The van der Waals surface area contributed by atoms with E-state index in [1.165, 1.54) is 0 Å². The van der Waals surface area contributed by atoms with Crippen LogP contribution in [0.4, 0.5) is 5.69 Å². The first-order chi connectivity index (χ1) is 10.1. The summed E-state index contributed by atoms with van der Waals surface area (Å²) in [5.41, 5.74) is 9.47. The van der Waals surface area contributed by atoms with E-state index in [2.05, 4.69) is 22.1 Å². The molecule has 1 aromatic heterocycles. The molecule has 0 spiro atoms. The van der Waals surface area contributed by atoms with Crippen LogP contribution in [0, 0.1) is 25.7 Å². The second kappa shape index (κ2) is 6.69. The summed E-state index contributed by atoms with van der Waals surface area (Å²) >= 11 is 0. The van der Waals surface area contributed by atoms with Gasteiger partial charge in [0, 0.05) is 17.3 Å². The number of carbonyl (C=O) groups is 1. The molecule has 21 heavy (non-hydrogen) atoms. The van der Waals surface area contributed by atoms with E-state index in [9.17, 15) is 4.79 Å². The highest BCUT2D eigenvalue weighted by Crippen LogP contribution is 2.15. The van der Waals surface area contributed by atoms with Crippen molar-refractivity contribution in [2.24, 2.45) is 5.73 Å². The Morgan fingerprint density at radius 1 is 1.29 bits per heavy atom. The molecule has 4 heteroatoms. The fourth-order valence-electron chi connectivity index (χ4n) is 1.88. The molecule has 0 radical (unpaired) electrons. The van der Waals surface area contributed by atoms with E-state index in [4.69, 9.17) is 5.73 Å². The van der Waals surface area contributed by atoms with Crippen molar-refractivity contribution in [2.45, 2.75) is 13.8 Å². The maximum Gasteiger partial charge on any atom is 0.255 e. The lowest BCUT2D eigenvalue weighted by Crippen LogP contribution is -2.13. The van der Waals surface area contributed by atoms with Crippen LogP contribution >= 0.6 is 0 Å². The summed E-state index contributed by atoms with van der Waals surface area (Å²) < 4.78 is 0. The second-order valence-electron chi connectivity index (χ2n) is 4.68. The van der Waals surface area contributed by atoms with Gasteiger partial charge in [-0.15, -0.1) is 0 Å². The lowest BCUT2D eigenvalue weighted by atomic mass is 10.0. The molecule has 0 aliphatic rings. The quantitative estimate of drug-likeness (QED) is 0.829. The zero-order valence-corrected chi connectivity index (χ0v) is 12.1. The summed E-state index contributed by atoms with van der Waals surface area (Å²) in [7, 11) is 0. The predicted molar refractivity (Wildman–Crippen MR) is 84.0 cm³/mol. The topological polar surface area (TPSA) is 68.0 Å². The number of nitrogens with two attached hydrogens (primary N) is 1. The first-order valence-electron chi connectivity index (χ1n) is 6.63. The van der Waals surface area contributed by atoms with E-state index in [1.807, 2.05) is 32.0 Å². The Morgan fingerprint density at radius 2 is 2.10 bits per heavy atom. The first-order valence-corrected chi connectivity index (χ1v) is 6.63. The Morgan fingerprint density at radius 3 is 2.76 bits per heavy atom. The van der Waals surface area contributed by atoms with E-state index < -0.39 is 0 Å². The van der Waals surface area contributed by atoms with Crippen molar-refractivity contribution in [1.82, 2.24) is 4.98 Å². The van der Waals surface area contributed by atoms with Gasteiger partial charge in [-0.1, -0.05) is 11.8 Å². The lowest BCUT2D eigenvalue weighted by Gasteiger charge is -2.08. The number of amides is 1. The van der Waals surface area contributed by atoms with Gasteiger partial charge >= 0.3 is 0 Å². The number of carbonyl (C=O) groups excluding carboxylic acids is 1. The van der Waals surface area contributed by atoms with Gasteiger partial charge in [0.25, 0.3) is 5.91 Å². The number of hydrogen-bond donors (Lipinski definition) is 2. The summed E-state index contributed by atoms with van der Waals surface area (Å²) in [5, 5.41) is 2.86. The normalized spacial score (nSPS) is 9.67. The molecule has 0 aliphatic heterocycles. The Labute approximate surface area is 124 Å². The molecule has 2 rings (SSSR count). The Bertz CT molecular complexity index is 726. The molecule has 3 N–H and O–H groups in total. The van der Waals surface area contributed by atoms with E-state index in [-0.39, 0.29) is 5.91 Å². The van der Waals surface area contributed by atoms with Crippen LogP contribution in [-0.4, -0.2) is 17.4 Å². The Hall–Kier alpha value is -2.64. The van der Waals surface area contributed by atoms with Gasteiger partial charge in [-0.05, 0) is 49.2 Å². The number of nitrogens with zero attached hydrogens (tertiary/aromatic N) is 1. The SMILES string of the molecule is Cc1cc(C(=O)Nc2cnccc2C)ccc1C#CCN. The van der Waals surface area contributed by atoms with Gasteiger partial charge in [0.1, 0.15) is 0 Å². The standard InChI is InChI=1S/C17H17N3O/c1-12-7-9-19-11-16(12)20-17(21)15-6-5-14(4-3-8-18)13(2)10-15/h5-7,9-11H,8,18H2,1-2H3,(H,20,21). The minimum Gasteiger partial charge on any atom is -0.320 e. The molecule has 4 nitrogen and oxygen atoms in total. The third-order valence-electron chi connectivity index (χ3n) is 3.10. The van der Waals surface area contributed by atoms with Crippen LogP contribution in [0.1, 0.15) is 27.0 Å². The highest BCUT2D eigenvalue weighted by atomic mass is 16.1. The minimum absolute atomic E-state index is 0.160. The Balaban J connectivity index is 2.21. The molecule has 0 aliphatic carbocycles. The van der Waals surface area contributed by atoms with Gasteiger partial charge in [-0.3, -0.25) is 9.78 Å². The second-order valence-corrected chi connectivity index (χ2v) is 4.68. The van der Waals surface area contributed by atoms with Crippen molar-refractivity contribution in [3.63, 3.8) is 0 Å². The average molecular weight is 279 g/mol. The van der Waals surface area contributed by atoms with Crippen LogP contribution in [-0.2, 0) is 0 Å². The number of rotatable bonds is 2. The van der Waals surface area contributed by atoms with Gasteiger partial charge < -0.3 is 11.1 Å². The van der Waals surface area contributed by atoms with E-state index in [0.717, 1.165) is 16.7 Å². The fraction of sp³-hybridized carbons (Fsp3) is 0.176. The van der Waals surface area contributed by atoms with Crippen LogP contribution < -0.4 is 11.1 Å². The summed E-state index contributed by atoms with van der Waals surface area (Å²) in [5.74, 6) is 5.63. The molecule has 0 bridgehead atoms. The number of benzene rings is 1. The number of hydrogen-bond acceptors (Lipinski definition) is 3. The molecule has 0 atom stereocenters. The summed E-state index contributed by atoms with van der Waals surface area (Å²) in [4.78, 5) is 16.3. The smallest absolute Gasteiger partial charge is 0.255 e. The van der Waals surface area contributed by atoms with Gasteiger partial charge in [-0.2, -0.15) is 0 Å². The lowest BCUT2D eigenvalue weighted by molar-refractivity contribution is 0.102. The van der Waals surface area contributed by atoms with E-state index in [1.54, 1.807) is 18.5 Å². The van der Waals surface area contributed by atoms with Gasteiger partial charge in [0.05, 0.1) is 18.4 Å². The minimum atomic E-state index is -0.160. The molecule has 0 saturated heterocycles. The predicted octanol–water partition coefficient (Wildman–Crippen LogP) is 2.26. The number of anilines is 1. The van der Waals surface area contributed by atoms with Gasteiger partial charge in [-0.25, -0.2) is 0 Å². The molecule has 1 heterocycles. The maximum atomic E-state index is 12.2. The fourth-order valence-corrected chi connectivity index (χ4v) is 1.88.